The number of rotatable bonds is 4. The zero-order valence-electron chi connectivity index (χ0n) is 14.6. The summed E-state index contributed by atoms with van der Waals surface area (Å²) in [5, 5.41) is 22.4. The minimum atomic E-state index is -0.536. The van der Waals surface area contributed by atoms with E-state index in [0.29, 0.717) is 0 Å². The van der Waals surface area contributed by atoms with Gasteiger partial charge in [-0.15, -0.1) is 0 Å². The van der Waals surface area contributed by atoms with Gasteiger partial charge in [0.25, 0.3) is 0 Å². The first-order valence-corrected chi connectivity index (χ1v) is 9.01. The van der Waals surface area contributed by atoms with Crippen molar-refractivity contribution in [3.63, 3.8) is 0 Å². The maximum Gasteiger partial charge on any atom is 0.319 e. The predicted octanol–water partition coefficient (Wildman–Crippen LogP) is 3.02. The summed E-state index contributed by atoms with van der Waals surface area (Å²) in [5.41, 5.74) is 2.08. The van der Waals surface area contributed by atoms with Crippen molar-refractivity contribution in [2.75, 3.05) is 6.61 Å². The van der Waals surface area contributed by atoms with Crippen LogP contribution in [-0.4, -0.2) is 40.8 Å². The lowest BCUT2D eigenvalue weighted by atomic mass is 9.76. The number of benzene rings is 1. The summed E-state index contributed by atoms with van der Waals surface area (Å²) in [6.45, 7) is 1.83. The number of amides is 2. The summed E-state index contributed by atoms with van der Waals surface area (Å²) in [6.07, 6.45) is 8.25. The molecule has 1 aliphatic heterocycles. The predicted molar refractivity (Wildman–Crippen MR) is 96.8 cm³/mol. The molecule has 0 bridgehead atoms. The minimum absolute atomic E-state index is 0.141. The van der Waals surface area contributed by atoms with Crippen molar-refractivity contribution in [3.8, 4) is 6.07 Å². The van der Waals surface area contributed by atoms with Crippen molar-refractivity contribution in [1.82, 2.24) is 10.2 Å². The lowest BCUT2D eigenvalue weighted by molar-refractivity contribution is 0.0158. The molecule has 5 heteroatoms. The van der Waals surface area contributed by atoms with Crippen LogP contribution in [0.15, 0.2) is 30.3 Å². The third kappa shape index (κ3) is 3.40. The Bertz CT molecular complexity index is 671. The van der Waals surface area contributed by atoms with Gasteiger partial charge in [0.2, 0.25) is 0 Å². The summed E-state index contributed by atoms with van der Waals surface area (Å²) < 4.78 is 0. The fraction of sp³-hybridized carbons (Fsp3) is 0.500. The number of aliphatic hydroxyl groups is 1. The number of nitrogens with one attached hydrogen (secondary N) is 1. The standard InChI is InChI=1S/C20H25N3O2/c1-2-5-14-8-10-15(11-9-14)19-17(12-21)23(18(19)13-24)20(25)22-16-6-3-4-7-16/h2,5,8-11,16-19,24H,3-4,6-7,13H2,1H3,(H,22,25)/b5-2+/t17-,18-,19+/m0/s1. The molecule has 2 N–H and O–H groups in total. The van der Waals surface area contributed by atoms with E-state index in [0.717, 1.165) is 36.8 Å². The average Bonchev–Trinajstić information content (AvgIpc) is 3.09. The number of aliphatic hydroxyl groups excluding tert-OH is 1. The Morgan fingerprint density at radius 2 is 2.04 bits per heavy atom. The van der Waals surface area contributed by atoms with Crippen molar-refractivity contribution in [2.24, 2.45) is 0 Å². The van der Waals surface area contributed by atoms with Crippen LogP contribution in [0.3, 0.4) is 0 Å². The summed E-state index contributed by atoms with van der Waals surface area (Å²) in [7, 11) is 0. The van der Waals surface area contributed by atoms with Crippen LogP contribution in [0.2, 0.25) is 0 Å². The molecule has 2 aliphatic rings. The van der Waals surface area contributed by atoms with Gasteiger partial charge in [-0.25, -0.2) is 4.79 Å². The van der Waals surface area contributed by atoms with Crippen molar-refractivity contribution in [1.29, 1.82) is 5.26 Å². The van der Waals surface area contributed by atoms with Crippen LogP contribution in [0.25, 0.3) is 6.08 Å². The molecule has 132 valence electrons. The fourth-order valence-corrected chi connectivity index (χ4v) is 4.03. The first-order chi connectivity index (χ1) is 12.2. The molecule has 1 aromatic rings. The molecule has 0 aromatic heterocycles. The molecule has 0 radical (unpaired) electrons. The molecule has 3 atom stereocenters. The van der Waals surface area contributed by atoms with E-state index in [1.54, 1.807) is 0 Å². The Morgan fingerprint density at radius 3 is 2.60 bits per heavy atom. The van der Waals surface area contributed by atoms with E-state index in [4.69, 9.17) is 0 Å². The Morgan fingerprint density at radius 1 is 1.36 bits per heavy atom. The zero-order chi connectivity index (χ0) is 17.8. The van der Waals surface area contributed by atoms with Crippen LogP contribution in [-0.2, 0) is 0 Å². The van der Waals surface area contributed by atoms with E-state index in [2.05, 4.69) is 11.4 Å². The molecule has 5 nitrogen and oxygen atoms in total. The van der Waals surface area contributed by atoms with Gasteiger partial charge in [-0.1, -0.05) is 49.3 Å². The molecule has 25 heavy (non-hydrogen) atoms. The average molecular weight is 339 g/mol. The van der Waals surface area contributed by atoms with Gasteiger partial charge < -0.3 is 15.3 Å². The van der Waals surface area contributed by atoms with Crippen LogP contribution in [0.1, 0.15) is 49.7 Å². The molecule has 1 heterocycles. The molecule has 1 aliphatic carbocycles. The first kappa shape index (κ1) is 17.5. The molecule has 0 unspecified atom stereocenters. The fourth-order valence-electron chi connectivity index (χ4n) is 4.03. The van der Waals surface area contributed by atoms with Crippen LogP contribution in [0.5, 0.6) is 0 Å². The van der Waals surface area contributed by atoms with E-state index in [1.165, 1.54) is 4.90 Å². The number of hydrogen-bond acceptors (Lipinski definition) is 3. The summed E-state index contributed by atoms with van der Waals surface area (Å²) >= 11 is 0. The zero-order valence-corrected chi connectivity index (χ0v) is 14.6. The quantitative estimate of drug-likeness (QED) is 0.885. The van der Waals surface area contributed by atoms with Gasteiger partial charge in [0.15, 0.2) is 0 Å². The number of carbonyl (C=O) groups is 1. The van der Waals surface area contributed by atoms with Gasteiger partial charge in [0.05, 0.1) is 18.7 Å². The molecule has 2 amide bonds. The molecular weight excluding hydrogens is 314 g/mol. The molecule has 1 aromatic carbocycles. The second-order valence-electron chi connectivity index (χ2n) is 6.85. The van der Waals surface area contributed by atoms with Crippen LogP contribution >= 0.6 is 0 Å². The van der Waals surface area contributed by atoms with Crippen molar-refractivity contribution in [2.45, 2.75) is 56.7 Å². The highest BCUT2D eigenvalue weighted by Gasteiger charge is 2.51. The van der Waals surface area contributed by atoms with Gasteiger partial charge >= 0.3 is 6.03 Å². The van der Waals surface area contributed by atoms with Crippen molar-refractivity contribution < 1.29 is 9.90 Å². The number of nitrogens with zero attached hydrogens (tertiary/aromatic N) is 2. The van der Waals surface area contributed by atoms with E-state index in [-0.39, 0.29) is 30.6 Å². The lowest BCUT2D eigenvalue weighted by Gasteiger charge is -2.51. The van der Waals surface area contributed by atoms with Crippen LogP contribution in [0.4, 0.5) is 4.79 Å². The van der Waals surface area contributed by atoms with E-state index in [9.17, 15) is 15.2 Å². The lowest BCUT2D eigenvalue weighted by Crippen LogP contribution is -2.67. The molecule has 0 spiro atoms. The Kier molecular flexibility index (Phi) is 5.40. The summed E-state index contributed by atoms with van der Waals surface area (Å²) in [5.74, 6) is -0.149. The molecule has 1 saturated carbocycles. The smallest absolute Gasteiger partial charge is 0.319 e. The maximum atomic E-state index is 12.6. The van der Waals surface area contributed by atoms with E-state index < -0.39 is 6.04 Å². The topological polar surface area (TPSA) is 76.4 Å². The number of nitriles is 1. The number of allylic oxidation sites excluding steroid dienone is 1. The highest BCUT2D eigenvalue weighted by Crippen LogP contribution is 2.40. The number of likely N-dealkylation sites (tertiary alicyclic amines) is 1. The largest absolute Gasteiger partial charge is 0.394 e. The maximum absolute atomic E-state index is 12.6. The van der Waals surface area contributed by atoms with Gasteiger partial charge in [-0.2, -0.15) is 5.26 Å². The van der Waals surface area contributed by atoms with Crippen LogP contribution < -0.4 is 5.32 Å². The van der Waals surface area contributed by atoms with Crippen molar-refractivity contribution in [3.05, 3.63) is 41.5 Å². The van der Waals surface area contributed by atoms with E-state index in [1.807, 2.05) is 43.3 Å². The van der Waals surface area contributed by atoms with Gasteiger partial charge in [0, 0.05) is 12.0 Å². The molecular formula is C20H25N3O2. The minimum Gasteiger partial charge on any atom is -0.394 e. The van der Waals surface area contributed by atoms with Crippen LogP contribution in [0, 0.1) is 11.3 Å². The third-order valence-corrected chi connectivity index (χ3v) is 5.33. The SMILES string of the molecule is C/C=C/c1ccc([C@@H]2[C@H](C#N)N(C(=O)NC3CCCC3)[C@H]2CO)cc1. The Labute approximate surface area is 148 Å². The molecule has 3 rings (SSSR count). The molecule has 2 fully saturated rings. The van der Waals surface area contributed by atoms with Gasteiger partial charge in [0.1, 0.15) is 6.04 Å². The number of hydrogen-bond donors (Lipinski definition) is 2. The van der Waals surface area contributed by atoms with Crippen molar-refractivity contribution >= 4 is 12.1 Å². The highest BCUT2D eigenvalue weighted by atomic mass is 16.3. The van der Waals surface area contributed by atoms with Gasteiger partial charge in [-0.05, 0) is 30.9 Å². The Hall–Kier alpha value is -2.32. The summed E-state index contributed by atoms with van der Waals surface area (Å²) in [4.78, 5) is 14.1. The third-order valence-electron chi connectivity index (χ3n) is 5.33. The normalized spacial score (nSPS) is 26.4. The highest BCUT2D eigenvalue weighted by molar-refractivity contribution is 5.77. The molecule has 1 saturated heterocycles. The Balaban J connectivity index is 1.74. The first-order valence-electron chi connectivity index (χ1n) is 9.01. The second-order valence-corrected chi connectivity index (χ2v) is 6.85. The van der Waals surface area contributed by atoms with E-state index >= 15 is 0 Å². The monoisotopic (exact) mass is 339 g/mol. The number of carbonyl (C=O) groups excluding carboxylic acids is 1. The second kappa shape index (κ2) is 7.71. The van der Waals surface area contributed by atoms with Gasteiger partial charge in [-0.3, -0.25) is 0 Å². The summed E-state index contributed by atoms with van der Waals surface area (Å²) in [6, 6.07) is 9.31. The number of urea groups is 1.